The molecule has 0 unspecified atom stereocenters. The topological polar surface area (TPSA) is 98.5 Å². The van der Waals surface area contributed by atoms with E-state index in [1.807, 2.05) is 31.2 Å². The van der Waals surface area contributed by atoms with E-state index in [0.29, 0.717) is 5.00 Å². The predicted molar refractivity (Wildman–Crippen MR) is 104 cm³/mol. The van der Waals surface area contributed by atoms with Gasteiger partial charge in [-0.1, -0.05) is 17.7 Å². The number of carbonyl (C=O) groups excluding carboxylic acids is 3. The standard InChI is InChI=1S/C18H20N2O4S2/c1-10-4-6-13(7-5-10)26-12(3)18(23)24-11(2)16(22)20-17-14(15(19)21)8-9-25-17/h4-9,11-12H,1-3H3,(H2,19,21)(H,20,22)/t11-,12+/m1/s1. The van der Waals surface area contributed by atoms with Crippen molar-refractivity contribution >= 4 is 45.9 Å². The molecule has 1 heterocycles. The number of primary amides is 1. The number of thiophene rings is 1. The SMILES string of the molecule is Cc1ccc(S[C@@H](C)C(=O)O[C@H](C)C(=O)Nc2sccc2C(N)=O)cc1. The number of rotatable bonds is 7. The molecule has 6 nitrogen and oxygen atoms in total. The van der Waals surface area contributed by atoms with Crippen LogP contribution >= 0.6 is 23.1 Å². The fourth-order valence-corrected chi connectivity index (χ4v) is 3.65. The average Bonchev–Trinajstić information content (AvgIpc) is 3.05. The molecule has 3 N–H and O–H groups in total. The van der Waals surface area contributed by atoms with Crippen molar-refractivity contribution in [2.24, 2.45) is 5.73 Å². The molecule has 0 aliphatic carbocycles. The lowest BCUT2D eigenvalue weighted by atomic mass is 10.2. The molecule has 0 saturated carbocycles. The number of aryl methyl sites for hydroxylation is 1. The highest BCUT2D eigenvalue weighted by Crippen LogP contribution is 2.25. The Morgan fingerprint density at radius 3 is 2.42 bits per heavy atom. The molecule has 1 aromatic heterocycles. The Morgan fingerprint density at radius 1 is 1.15 bits per heavy atom. The van der Waals surface area contributed by atoms with Crippen molar-refractivity contribution < 1.29 is 19.1 Å². The summed E-state index contributed by atoms with van der Waals surface area (Å²) in [5, 5.41) is 4.09. The minimum absolute atomic E-state index is 0.227. The number of carbonyl (C=O) groups is 3. The first kappa shape index (κ1) is 20.0. The summed E-state index contributed by atoms with van der Waals surface area (Å²) in [6.07, 6.45) is -0.994. The van der Waals surface area contributed by atoms with Gasteiger partial charge in [-0.05, 0) is 44.4 Å². The van der Waals surface area contributed by atoms with Crippen LogP contribution in [0, 0.1) is 6.92 Å². The lowest BCUT2D eigenvalue weighted by Crippen LogP contribution is -2.32. The number of hydrogen-bond donors (Lipinski definition) is 2. The quantitative estimate of drug-likeness (QED) is 0.557. The average molecular weight is 393 g/mol. The number of hydrogen-bond acceptors (Lipinski definition) is 6. The van der Waals surface area contributed by atoms with Crippen LogP contribution < -0.4 is 11.1 Å². The second kappa shape index (κ2) is 8.86. The van der Waals surface area contributed by atoms with E-state index in [2.05, 4.69) is 5.32 Å². The van der Waals surface area contributed by atoms with Gasteiger partial charge in [-0.15, -0.1) is 23.1 Å². The van der Waals surface area contributed by atoms with Gasteiger partial charge in [-0.3, -0.25) is 14.4 Å². The summed E-state index contributed by atoms with van der Waals surface area (Å²) in [5.41, 5.74) is 6.61. The first-order valence-corrected chi connectivity index (χ1v) is 9.66. The molecule has 8 heteroatoms. The van der Waals surface area contributed by atoms with Crippen molar-refractivity contribution in [3.63, 3.8) is 0 Å². The first-order chi connectivity index (χ1) is 12.3. The van der Waals surface area contributed by atoms with Crippen molar-refractivity contribution in [3.05, 3.63) is 46.8 Å². The van der Waals surface area contributed by atoms with Crippen molar-refractivity contribution in [2.75, 3.05) is 5.32 Å². The van der Waals surface area contributed by atoms with Crippen molar-refractivity contribution in [3.8, 4) is 0 Å². The number of esters is 1. The lowest BCUT2D eigenvalue weighted by Gasteiger charge is -2.16. The summed E-state index contributed by atoms with van der Waals surface area (Å²) in [5.74, 6) is -1.63. The van der Waals surface area contributed by atoms with Crippen LogP contribution in [-0.4, -0.2) is 29.1 Å². The highest BCUT2D eigenvalue weighted by atomic mass is 32.2. The summed E-state index contributed by atoms with van der Waals surface area (Å²) >= 11 is 2.53. The maximum atomic E-state index is 12.2. The van der Waals surface area contributed by atoms with E-state index in [4.69, 9.17) is 10.5 Å². The van der Waals surface area contributed by atoms with Gasteiger partial charge in [-0.2, -0.15) is 0 Å². The number of thioether (sulfide) groups is 1. The summed E-state index contributed by atoms with van der Waals surface area (Å²) in [6.45, 7) is 5.19. The molecule has 138 valence electrons. The molecular weight excluding hydrogens is 372 g/mol. The third-order valence-corrected chi connectivity index (χ3v) is 5.42. The van der Waals surface area contributed by atoms with E-state index in [1.165, 1.54) is 36.1 Å². The number of amides is 2. The molecule has 0 aliphatic heterocycles. The molecule has 2 atom stereocenters. The Balaban J connectivity index is 1.90. The van der Waals surface area contributed by atoms with Gasteiger partial charge in [0, 0.05) is 4.90 Å². The van der Waals surface area contributed by atoms with Gasteiger partial charge in [0.2, 0.25) is 0 Å². The first-order valence-electron chi connectivity index (χ1n) is 7.90. The molecular formula is C18H20N2O4S2. The normalized spacial score (nSPS) is 12.9. The maximum Gasteiger partial charge on any atom is 0.319 e. The van der Waals surface area contributed by atoms with Gasteiger partial charge in [-0.25, -0.2) is 0 Å². The highest BCUT2D eigenvalue weighted by Gasteiger charge is 2.24. The molecule has 1 aromatic carbocycles. The molecule has 0 spiro atoms. The number of anilines is 1. The van der Waals surface area contributed by atoms with Gasteiger partial charge < -0.3 is 15.8 Å². The van der Waals surface area contributed by atoms with E-state index >= 15 is 0 Å². The predicted octanol–water partition coefficient (Wildman–Crippen LogP) is 3.21. The molecule has 0 fully saturated rings. The largest absolute Gasteiger partial charge is 0.452 e. The Bertz CT molecular complexity index is 802. The Morgan fingerprint density at radius 2 is 1.81 bits per heavy atom. The number of ether oxygens (including phenoxy) is 1. The van der Waals surface area contributed by atoms with Crippen LogP contribution in [0.2, 0.25) is 0 Å². The van der Waals surface area contributed by atoms with Crippen LogP contribution in [0.1, 0.15) is 29.8 Å². The molecule has 0 bridgehead atoms. The second-order valence-corrected chi connectivity index (χ2v) is 8.00. The van der Waals surface area contributed by atoms with Gasteiger partial charge in [0.05, 0.1) is 5.56 Å². The van der Waals surface area contributed by atoms with Gasteiger partial charge in [0.25, 0.3) is 11.8 Å². The van der Waals surface area contributed by atoms with E-state index in [-0.39, 0.29) is 5.56 Å². The molecule has 2 aromatic rings. The number of benzene rings is 1. The zero-order chi connectivity index (χ0) is 19.3. The Labute approximate surface area is 160 Å². The smallest absolute Gasteiger partial charge is 0.319 e. The third-order valence-electron chi connectivity index (χ3n) is 3.50. The monoisotopic (exact) mass is 392 g/mol. The van der Waals surface area contributed by atoms with Crippen LogP contribution in [0.15, 0.2) is 40.6 Å². The maximum absolute atomic E-state index is 12.2. The minimum atomic E-state index is -0.994. The second-order valence-electron chi connectivity index (χ2n) is 5.67. The summed E-state index contributed by atoms with van der Waals surface area (Å²) in [6, 6.07) is 9.32. The van der Waals surface area contributed by atoms with Crippen molar-refractivity contribution in [2.45, 2.75) is 37.0 Å². The fraction of sp³-hybridized carbons (Fsp3) is 0.278. The van der Waals surface area contributed by atoms with E-state index in [0.717, 1.165) is 10.5 Å². The molecule has 0 aliphatic rings. The minimum Gasteiger partial charge on any atom is -0.452 e. The zero-order valence-electron chi connectivity index (χ0n) is 14.6. The Kier molecular flexibility index (Phi) is 6.82. The van der Waals surface area contributed by atoms with Crippen LogP contribution in [0.5, 0.6) is 0 Å². The zero-order valence-corrected chi connectivity index (χ0v) is 16.3. The molecule has 26 heavy (non-hydrogen) atoms. The number of nitrogens with two attached hydrogens (primary N) is 1. The molecule has 0 saturated heterocycles. The fourth-order valence-electron chi connectivity index (χ4n) is 2.01. The molecule has 0 radical (unpaired) electrons. The van der Waals surface area contributed by atoms with Crippen molar-refractivity contribution in [1.82, 2.24) is 0 Å². The Hall–Kier alpha value is -2.32. The molecule has 2 amide bonds. The van der Waals surface area contributed by atoms with Gasteiger partial charge >= 0.3 is 5.97 Å². The lowest BCUT2D eigenvalue weighted by molar-refractivity contribution is -0.152. The highest BCUT2D eigenvalue weighted by molar-refractivity contribution is 8.00. The summed E-state index contributed by atoms with van der Waals surface area (Å²) in [4.78, 5) is 36.6. The van der Waals surface area contributed by atoms with Crippen LogP contribution in [0.25, 0.3) is 0 Å². The molecule has 2 rings (SSSR count). The van der Waals surface area contributed by atoms with Crippen LogP contribution in [0.4, 0.5) is 5.00 Å². The summed E-state index contributed by atoms with van der Waals surface area (Å²) in [7, 11) is 0. The number of nitrogens with one attached hydrogen (secondary N) is 1. The van der Waals surface area contributed by atoms with E-state index in [9.17, 15) is 14.4 Å². The van der Waals surface area contributed by atoms with Crippen LogP contribution in [-0.2, 0) is 14.3 Å². The van der Waals surface area contributed by atoms with Gasteiger partial charge in [0.1, 0.15) is 10.3 Å². The van der Waals surface area contributed by atoms with Gasteiger partial charge in [0.15, 0.2) is 6.10 Å². The van der Waals surface area contributed by atoms with Crippen molar-refractivity contribution in [1.29, 1.82) is 0 Å². The van der Waals surface area contributed by atoms with Crippen LogP contribution in [0.3, 0.4) is 0 Å². The van der Waals surface area contributed by atoms with E-state index in [1.54, 1.807) is 12.3 Å². The summed E-state index contributed by atoms with van der Waals surface area (Å²) < 4.78 is 5.24. The third kappa shape index (κ3) is 5.34. The van der Waals surface area contributed by atoms with E-state index < -0.39 is 29.1 Å².